The van der Waals surface area contributed by atoms with Gasteiger partial charge in [0, 0.05) is 30.9 Å². The molecule has 114 valence electrons. The monoisotopic (exact) mass is 286 g/mol. The van der Waals surface area contributed by atoms with E-state index in [-0.39, 0.29) is 5.91 Å². The molecule has 1 N–H and O–H groups in total. The van der Waals surface area contributed by atoms with Crippen LogP contribution >= 0.6 is 0 Å². The molecule has 1 aliphatic heterocycles. The summed E-state index contributed by atoms with van der Waals surface area (Å²) < 4.78 is 0. The van der Waals surface area contributed by atoms with Crippen molar-refractivity contribution in [3.63, 3.8) is 0 Å². The molecule has 1 saturated carbocycles. The zero-order valence-corrected chi connectivity index (χ0v) is 13.2. The van der Waals surface area contributed by atoms with Crippen LogP contribution in [-0.2, 0) is 11.2 Å². The Bertz CT molecular complexity index is 520. The van der Waals surface area contributed by atoms with E-state index in [2.05, 4.69) is 30.4 Å². The minimum absolute atomic E-state index is 0.144. The lowest BCUT2D eigenvalue weighted by molar-refractivity contribution is -0.116. The number of nitrogens with zero attached hydrogens (tertiary/aromatic N) is 1. The predicted octanol–water partition coefficient (Wildman–Crippen LogP) is 3.98. The highest BCUT2D eigenvalue weighted by Crippen LogP contribution is 2.32. The summed E-state index contributed by atoms with van der Waals surface area (Å²) in [6.07, 6.45) is 7.86. The van der Waals surface area contributed by atoms with Crippen molar-refractivity contribution in [2.24, 2.45) is 5.92 Å². The molecule has 3 nitrogen and oxygen atoms in total. The zero-order valence-electron chi connectivity index (χ0n) is 13.2. The summed E-state index contributed by atoms with van der Waals surface area (Å²) in [5.74, 6) is 0.950. The molecule has 2 aliphatic rings. The molecular weight excluding hydrogens is 260 g/mol. The summed E-state index contributed by atoms with van der Waals surface area (Å²) in [7, 11) is 0. The molecule has 3 heteroatoms. The lowest BCUT2D eigenvalue weighted by Gasteiger charge is -2.29. The van der Waals surface area contributed by atoms with Crippen LogP contribution < -0.4 is 10.2 Å². The fourth-order valence-electron chi connectivity index (χ4n) is 3.83. The normalized spacial score (nSPS) is 20.2. The Morgan fingerprint density at radius 1 is 1.29 bits per heavy atom. The SMILES string of the molecule is CC(=O)N1CCc2cc(NC(C)C3CCCCC3)ccc21. The van der Waals surface area contributed by atoms with Crippen molar-refractivity contribution in [2.75, 3.05) is 16.8 Å². The second-order valence-corrected chi connectivity index (χ2v) is 6.60. The van der Waals surface area contributed by atoms with Gasteiger partial charge in [0.25, 0.3) is 0 Å². The van der Waals surface area contributed by atoms with Crippen LogP contribution in [0.15, 0.2) is 18.2 Å². The van der Waals surface area contributed by atoms with E-state index in [1.54, 1.807) is 6.92 Å². The van der Waals surface area contributed by atoms with Crippen LogP contribution in [0.4, 0.5) is 11.4 Å². The maximum Gasteiger partial charge on any atom is 0.223 e. The van der Waals surface area contributed by atoms with Crippen molar-refractivity contribution in [2.45, 2.75) is 58.4 Å². The largest absolute Gasteiger partial charge is 0.382 e. The highest BCUT2D eigenvalue weighted by Gasteiger charge is 2.23. The van der Waals surface area contributed by atoms with Gasteiger partial charge in [-0.1, -0.05) is 19.3 Å². The van der Waals surface area contributed by atoms with Gasteiger partial charge in [0.15, 0.2) is 0 Å². The lowest BCUT2D eigenvalue weighted by atomic mass is 9.84. The van der Waals surface area contributed by atoms with Gasteiger partial charge in [-0.3, -0.25) is 4.79 Å². The van der Waals surface area contributed by atoms with Crippen LogP contribution in [0.1, 0.15) is 51.5 Å². The molecule has 1 unspecified atom stereocenters. The summed E-state index contributed by atoms with van der Waals surface area (Å²) in [5.41, 5.74) is 3.60. The van der Waals surface area contributed by atoms with E-state index in [1.807, 2.05) is 4.90 Å². The summed E-state index contributed by atoms with van der Waals surface area (Å²) in [6, 6.07) is 6.99. The first-order chi connectivity index (χ1) is 10.1. The number of nitrogens with one attached hydrogen (secondary N) is 1. The van der Waals surface area contributed by atoms with Gasteiger partial charge in [-0.2, -0.15) is 0 Å². The number of benzene rings is 1. The second-order valence-electron chi connectivity index (χ2n) is 6.60. The first-order valence-corrected chi connectivity index (χ1v) is 8.33. The number of hydrogen-bond acceptors (Lipinski definition) is 2. The third-order valence-electron chi connectivity index (χ3n) is 5.11. The highest BCUT2D eigenvalue weighted by atomic mass is 16.2. The van der Waals surface area contributed by atoms with Gasteiger partial charge in [-0.25, -0.2) is 0 Å². The van der Waals surface area contributed by atoms with Crippen molar-refractivity contribution >= 4 is 17.3 Å². The Morgan fingerprint density at radius 2 is 2.05 bits per heavy atom. The zero-order chi connectivity index (χ0) is 14.8. The summed E-state index contributed by atoms with van der Waals surface area (Å²) in [4.78, 5) is 13.5. The molecule has 0 bridgehead atoms. The molecule has 0 radical (unpaired) electrons. The van der Waals surface area contributed by atoms with Gasteiger partial charge in [0.05, 0.1) is 0 Å². The van der Waals surface area contributed by atoms with Crippen LogP contribution in [0.25, 0.3) is 0 Å². The fraction of sp³-hybridized carbons (Fsp3) is 0.611. The van der Waals surface area contributed by atoms with Gasteiger partial charge in [0.1, 0.15) is 0 Å². The topological polar surface area (TPSA) is 32.3 Å². The van der Waals surface area contributed by atoms with E-state index in [0.29, 0.717) is 6.04 Å². The molecule has 3 rings (SSSR count). The molecule has 1 amide bonds. The van der Waals surface area contributed by atoms with E-state index >= 15 is 0 Å². The van der Waals surface area contributed by atoms with Crippen LogP contribution in [0.2, 0.25) is 0 Å². The van der Waals surface area contributed by atoms with Crippen molar-refractivity contribution in [3.8, 4) is 0 Å². The average Bonchev–Trinajstić information content (AvgIpc) is 2.91. The number of anilines is 2. The molecule has 0 spiro atoms. The minimum atomic E-state index is 0.144. The van der Waals surface area contributed by atoms with Crippen molar-refractivity contribution in [1.29, 1.82) is 0 Å². The van der Waals surface area contributed by atoms with E-state index in [1.165, 1.54) is 43.4 Å². The molecule has 1 aromatic carbocycles. The van der Waals surface area contributed by atoms with Crippen molar-refractivity contribution < 1.29 is 4.79 Å². The standard InChI is InChI=1S/C18H26N2O/c1-13(15-6-4-3-5-7-15)19-17-8-9-18-16(12-17)10-11-20(18)14(2)21/h8-9,12-13,15,19H,3-7,10-11H2,1-2H3. The Kier molecular flexibility index (Phi) is 4.18. The quantitative estimate of drug-likeness (QED) is 0.911. The van der Waals surface area contributed by atoms with Crippen LogP contribution in [0, 0.1) is 5.92 Å². The summed E-state index contributed by atoms with van der Waals surface area (Å²) in [6.45, 7) is 4.78. The van der Waals surface area contributed by atoms with Crippen molar-refractivity contribution in [1.82, 2.24) is 0 Å². The smallest absolute Gasteiger partial charge is 0.223 e. The Morgan fingerprint density at radius 3 is 2.76 bits per heavy atom. The van der Waals surface area contributed by atoms with E-state index in [0.717, 1.165) is 24.6 Å². The molecule has 0 aromatic heterocycles. The van der Waals surface area contributed by atoms with Crippen molar-refractivity contribution in [3.05, 3.63) is 23.8 Å². The Labute approximate surface area is 127 Å². The molecule has 1 aromatic rings. The average molecular weight is 286 g/mol. The molecule has 1 heterocycles. The van der Waals surface area contributed by atoms with E-state index < -0.39 is 0 Å². The van der Waals surface area contributed by atoms with E-state index in [4.69, 9.17) is 0 Å². The fourth-order valence-corrected chi connectivity index (χ4v) is 3.83. The second kappa shape index (κ2) is 6.08. The van der Waals surface area contributed by atoms with Crippen LogP contribution in [-0.4, -0.2) is 18.5 Å². The number of hydrogen-bond donors (Lipinski definition) is 1. The first-order valence-electron chi connectivity index (χ1n) is 8.33. The van der Waals surface area contributed by atoms with Gasteiger partial charge >= 0.3 is 0 Å². The maximum atomic E-state index is 11.6. The first kappa shape index (κ1) is 14.4. The third kappa shape index (κ3) is 3.07. The predicted molar refractivity (Wildman–Crippen MR) is 87.8 cm³/mol. The molecule has 1 atom stereocenters. The van der Waals surface area contributed by atoms with Crippen LogP contribution in [0.3, 0.4) is 0 Å². The van der Waals surface area contributed by atoms with Crippen LogP contribution in [0.5, 0.6) is 0 Å². The number of fused-ring (bicyclic) bond motifs is 1. The van der Waals surface area contributed by atoms with E-state index in [9.17, 15) is 4.79 Å². The molecule has 0 saturated heterocycles. The molecule has 1 fully saturated rings. The maximum absolute atomic E-state index is 11.6. The number of carbonyl (C=O) groups excluding carboxylic acids is 1. The summed E-state index contributed by atoms with van der Waals surface area (Å²) in [5, 5.41) is 3.68. The molecular formula is C18H26N2O. The van der Waals surface area contributed by atoms with Gasteiger partial charge in [-0.05, 0) is 55.9 Å². The lowest BCUT2D eigenvalue weighted by Crippen LogP contribution is -2.27. The summed E-state index contributed by atoms with van der Waals surface area (Å²) >= 11 is 0. The number of carbonyl (C=O) groups is 1. The Balaban J connectivity index is 1.68. The highest BCUT2D eigenvalue weighted by molar-refractivity contribution is 5.94. The number of amides is 1. The third-order valence-corrected chi connectivity index (χ3v) is 5.11. The van der Waals surface area contributed by atoms with Gasteiger partial charge in [0.2, 0.25) is 5.91 Å². The van der Waals surface area contributed by atoms with Gasteiger partial charge < -0.3 is 10.2 Å². The van der Waals surface area contributed by atoms with Gasteiger partial charge in [-0.15, -0.1) is 0 Å². The number of rotatable bonds is 3. The Hall–Kier alpha value is -1.51. The molecule has 1 aliphatic carbocycles. The molecule has 21 heavy (non-hydrogen) atoms. The minimum Gasteiger partial charge on any atom is -0.382 e.